The van der Waals surface area contributed by atoms with Crippen LogP contribution in [0.5, 0.6) is 0 Å². The van der Waals surface area contributed by atoms with Crippen LogP contribution in [0.3, 0.4) is 0 Å². The molecule has 3 N–H and O–H groups in total. The second-order valence-corrected chi connectivity index (χ2v) is 8.71. The zero-order valence-electron chi connectivity index (χ0n) is 15.6. The van der Waals surface area contributed by atoms with Crippen LogP contribution in [0.1, 0.15) is 12.5 Å². The van der Waals surface area contributed by atoms with Crippen molar-refractivity contribution < 1.29 is 18.0 Å². The Labute approximate surface area is 172 Å². The lowest BCUT2D eigenvalue weighted by atomic mass is 10.1. The minimum atomic E-state index is -3.98. The highest BCUT2D eigenvalue weighted by molar-refractivity contribution is 7.90. The van der Waals surface area contributed by atoms with Crippen molar-refractivity contribution in [2.75, 3.05) is 10.6 Å². The number of carbonyl (C=O) groups excluding carboxylic acids is 2. The molecule has 3 aromatic rings. The molecule has 3 amide bonds. The van der Waals surface area contributed by atoms with Crippen LogP contribution in [-0.2, 0) is 14.8 Å². The van der Waals surface area contributed by atoms with Crippen LogP contribution in [0.4, 0.5) is 15.6 Å². The molecule has 0 unspecified atom stereocenters. The van der Waals surface area contributed by atoms with Crippen LogP contribution in [0.15, 0.2) is 58.8 Å². The second-order valence-electron chi connectivity index (χ2n) is 6.17. The topological polar surface area (TPSA) is 117 Å². The van der Waals surface area contributed by atoms with E-state index in [1.54, 1.807) is 41.8 Å². The van der Waals surface area contributed by atoms with E-state index in [1.807, 2.05) is 11.6 Å². The standard InChI is InChI=1S/C19H18N4O4S2/c1-12-3-9-16(10-4-12)29(26,27)23-18(25)22-19-21-17(11-28-19)14-5-7-15(8-6-14)20-13(2)24/h3-11H,1-2H3,(H,20,24)(H2,21,22,23,25). The van der Waals surface area contributed by atoms with E-state index in [1.165, 1.54) is 19.1 Å². The number of hydrogen-bond donors (Lipinski definition) is 3. The minimum Gasteiger partial charge on any atom is -0.326 e. The van der Waals surface area contributed by atoms with Gasteiger partial charge in [-0.2, -0.15) is 0 Å². The first kappa shape index (κ1) is 20.5. The number of anilines is 2. The number of benzene rings is 2. The summed E-state index contributed by atoms with van der Waals surface area (Å²) in [7, 11) is -3.98. The molecule has 8 nitrogen and oxygen atoms in total. The van der Waals surface area contributed by atoms with Gasteiger partial charge in [0.2, 0.25) is 5.91 Å². The van der Waals surface area contributed by atoms with Gasteiger partial charge in [-0.25, -0.2) is 22.9 Å². The van der Waals surface area contributed by atoms with Gasteiger partial charge >= 0.3 is 6.03 Å². The smallest absolute Gasteiger partial charge is 0.326 e. The van der Waals surface area contributed by atoms with Crippen LogP contribution >= 0.6 is 11.3 Å². The van der Waals surface area contributed by atoms with Gasteiger partial charge in [0.1, 0.15) is 0 Å². The molecular weight excluding hydrogens is 412 g/mol. The number of aryl methyl sites for hydroxylation is 1. The molecule has 0 spiro atoms. The molecule has 0 atom stereocenters. The van der Waals surface area contributed by atoms with Gasteiger partial charge in [-0.3, -0.25) is 10.1 Å². The van der Waals surface area contributed by atoms with E-state index in [4.69, 9.17) is 0 Å². The first-order valence-electron chi connectivity index (χ1n) is 8.47. The Kier molecular flexibility index (Phi) is 5.95. The average molecular weight is 431 g/mol. The van der Waals surface area contributed by atoms with Crippen molar-refractivity contribution in [2.24, 2.45) is 0 Å². The highest BCUT2D eigenvalue weighted by atomic mass is 32.2. The zero-order chi connectivity index (χ0) is 21.0. The third-order valence-corrected chi connectivity index (χ3v) is 5.89. The van der Waals surface area contributed by atoms with E-state index in [9.17, 15) is 18.0 Å². The van der Waals surface area contributed by atoms with Crippen molar-refractivity contribution in [2.45, 2.75) is 18.7 Å². The molecule has 0 aliphatic heterocycles. The largest absolute Gasteiger partial charge is 0.334 e. The van der Waals surface area contributed by atoms with E-state index in [0.717, 1.165) is 22.5 Å². The SMILES string of the molecule is CC(=O)Nc1ccc(-c2csc(NC(=O)NS(=O)(=O)c3ccc(C)cc3)n2)cc1. The number of rotatable bonds is 5. The molecule has 10 heteroatoms. The fraction of sp³-hybridized carbons (Fsp3) is 0.105. The fourth-order valence-electron chi connectivity index (χ4n) is 2.41. The van der Waals surface area contributed by atoms with Crippen molar-refractivity contribution in [1.82, 2.24) is 9.71 Å². The molecule has 0 saturated carbocycles. The predicted molar refractivity (Wildman–Crippen MR) is 112 cm³/mol. The Morgan fingerprint density at radius 2 is 1.62 bits per heavy atom. The maximum atomic E-state index is 12.3. The molecular formula is C19H18N4O4S2. The summed E-state index contributed by atoms with van der Waals surface area (Å²) in [5, 5.41) is 7.09. The summed E-state index contributed by atoms with van der Waals surface area (Å²) >= 11 is 1.16. The number of amides is 3. The van der Waals surface area contributed by atoms with E-state index in [2.05, 4.69) is 15.6 Å². The lowest BCUT2D eigenvalue weighted by molar-refractivity contribution is -0.114. The molecule has 0 fully saturated rings. The third-order valence-electron chi connectivity index (χ3n) is 3.78. The molecule has 0 saturated heterocycles. The number of nitrogens with zero attached hydrogens (tertiary/aromatic N) is 1. The van der Waals surface area contributed by atoms with Gasteiger partial charge in [0.25, 0.3) is 10.0 Å². The van der Waals surface area contributed by atoms with Gasteiger partial charge in [-0.15, -0.1) is 11.3 Å². The molecule has 29 heavy (non-hydrogen) atoms. The van der Waals surface area contributed by atoms with Gasteiger partial charge in [0.15, 0.2) is 5.13 Å². The van der Waals surface area contributed by atoms with Gasteiger partial charge in [-0.1, -0.05) is 29.8 Å². The Hall–Kier alpha value is -3.24. The van der Waals surface area contributed by atoms with E-state index in [-0.39, 0.29) is 15.9 Å². The van der Waals surface area contributed by atoms with Gasteiger partial charge in [0, 0.05) is 23.6 Å². The van der Waals surface area contributed by atoms with Crippen molar-refractivity contribution in [3.05, 3.63) is 59.5 Å². The molecule has 0 bridgehead atoms. The first-order valence-corrected chi connectivity index (χ1v) is 10.8. The summed E-state index contributed by atoms with van der Waals surface area (Å²) in [6.07, 6.45) is 0. The minimum absolute atomic E-state index is 0.00246. The summed E-state index contributed by atoms with van der Waals surface area (Å²) in [6.45, 7) is 3.26. The van der Waals surface area contributed by atoms with Crippen LogP contribution in [-0.4, -0.2) is 25.3 Å². The lowest BCUT2D eigenvalue weighted by Gasteiger charge is -2.07. The molecule has 1 aromatic heterocycles. The maximum Gasteiger partial charge on any atom is 0.334 e. The Balaban J connectivity index is 1.65. The fourth-order valence-corrected chi connectivity index (χ4v) is 4.03. The lowest BCUT2D eigenvalue weighted by Crippen LogP contribution is -2.34. The van der Waals surface area contributed by atoms with Crippen LogP contribution < -0.4 is 15.4 Å². The molecule has 0 aliphatic rings. The molecule has 150 valence electrons. The first-order chi connectivity index (χ1) is 13.7. The number of hydrogen-bond acceptors (Lipinski definition) is 6. The van der Waals surface area contributed by atoms with Gasteiger partial charge in [-0.05, 0) is 31.2 Å². The summed E-state index contributed by atoms with van der Waals surface area (Å²) in [4.78, 5) is 27.4. The summed E-state index contributed by atoms with van der Waals surface area (Å²) < 4.78 is 26.5. The monoisotopic (exact) mass is 430 g/mol. The highest BCUT2D eigenvalue weighted by Gasteiger charge is 2.18. The van der Waals surface area contributed by atoms with Crippen LogP contribution in [0.25, 0.3) is 11.3 Å². The van der Waals surface area contributed by atoms with Gasteiger partial charge in [0.05, 0.1) is 10.6 Å². The Bertz CT molecular complexity index is 1140. The Morgan fingerprint density at radius 3 is 2.24 bits per heavy atom. The Morgan fingerprint density at radius 1 is 0.966 bits per heavy atom. The molecule has 0 radical (unpaired) electrons. The average Bonchev–Trinajstić information content (AvgIpc) is 3.10. The summed E-state index contributed by atoms with van der Waals surface area (Å²) in [6, 6.07) is 12.3. The van der Waals surface area contributed by atoms with Crippen molar-refractivity contribution in [1.29, 1.82) is 0 Å². The molecule has 3 rings (SSSR count). The summed E-state index contributed by atoms with van der Waals surface area (Å²) in [5.41, 5.74) is 2.97. The highest BCUT2D eigenvalue weighted by Crippen LogP contribution is 2.26. The summed E-state index contributed by atoms with van der Waals surface area (Å²) in [5.74, 6) is -0.163. The van der Waals surface area contributed by atoms with Gasteiger partial charge < -0.3 is 5.32 Å². The third kappa shape index (κ3) is 5.39. The van der Waals surface area contributed by atoms with E-state index >= 15 is 0 Å². The number of urea groups is 1. The van der Waals surface area contributed by atoms with E-state index < -0.39 is 16.1 Å². The maximum absolute atomic E-state index is 12.3. The van der Waals surface area contributed by atoms with E-state index in [0.29, 0.717) is 11.4 Å². The number of carbonyl (C=O) groups is 2. The molecule has 2 aromatic carbocycles. The number of aromatic nitrogens is 1. The zero-order valence-corrected chi connectivity index (χ0v) is 17.2. The van der Waals surface area contributed by atoms with Crippen molar-refractivity contribution in [3.8, 4) is 11.3 Å². The molecule has 0 aliphatic carbocycles. The normalized spacial score (nSPS) is 11.0. The van der Waals surface area contributed by atoms with Crippen molar-refractivity contribution in [3.63, 3.8) is 0 Å². The number of nitrogens with one attached hydrogen (secondary N) is 3. The molecule has 1 heterocycles. The second kappa shape index (κ2) is 8.41. The quantitative estimate of drug-likeness (QED) is 0.572. The number of thiazole rings is 1. The predicted octanol–water partition coefficient (Wildman–Crippen LogP) is 3.59. The van der Waals surface area contributed by atoms with Crippen LogP contribution in [0.2, 0.25) is 0 Å². The number of sulfonamides is 1. The van der Waals surface area contributed by atoms with Crippen molar-refractivity contribution >= 4 is 44.1 Å². The van der Waals surface area contributed by atoms with Crippen LogP contribution in [0, 0.1) is 6.92 Å².